The van der Waals surface area contributed by atoms with Crippen LogP contribution in [0.25, 0.3) is 5.69 Å². The summed E-state index contributed by atoms with van der Waals surface area (Å²) in [7, 11) is 0. The summed E-state index contributed by atoms with van der Waals surface area (Å²) in [5.74, 6) is -1.84. The van der Waals surface area contributed by atoms with Gasteiger partial charge < -0.3 is 5.32 Å². The first-order valence-corrected chi connectivity index (χ1v) is 6.35. The Morgan fingerprint density at radius 2 is 2.05 bits per heavy atom. The number of aromatic nitrogens is 3. The van der Waals surface area contributed by atoms with Crippen LogP contribution in [0.2, 0.25) is 0 Å². The number of carbonyl (C=O) groups excluding carboxylic acids is 1. The third-order valence-electron chi connectivity index (χ3n) is 2.92. The SMILES string of the molecule is O=C(Nc1cccnc1)c1cnn(-c2ccc(F)cc2F)c1. The van der Waals surface area contributed by atoms with Crippen molar-refractivity contribution in [3.63, 3.8) is 0 Å². The molecule has 0 aliphatic heterocycles. The van der Waals surface area contributed by atoms with Crippen molar-refractivity contribution in [2.45, 2.75) is 0 Å². The number of pyridine rings is 1. The summed E-state index contributed by atoms with van der Waals surface area (Å²) in [6.45, 7) is 0. The Bertz CT molecular complexity index is 817. The maximum Gasteiger partial charge on any atom is 0.258 e. The van der Waals surface area contributed by atoms with Gasteiger partial charge in [-0.05, 0) is 24.3 Å². The molecule has 0 unspecified atom stereocenters. The first-order chi connectivity index (χ1) is 10.6. The molecule has 0 saturated carbocycles. The normalized spacial score (nSPS) is 10.5. The lowest BCUT2D eigenvalue weighted by Gasteiger charge is -2.03. The van der Waals surface area contributed by atoms with Gasteiger partial charge in [-0.1, -0.05) is 0 Å². The number of halogens is 2. The second-order valence-electron chi connectivity index (χ2n) is 4.47. The highest BCUT2D eigenvalue weighted by molar-refractivity contribution is 6.03. The third-order valence-corrected chi connectivity index (χ3v) is 2.92. The molecule has 2 heterocycles. The van der Waals surface area contributed by atoms with Gasteiger partial charge >= 0.3 is 0 Å². The number of hydrogen-bond acceptors (Lipinski definition) is 3. The molecule has 110 valence electrons. The Labute approximate surface area is 124 Å². The fourth-order valence-corrected chi connectivity index (χ4v) is 1.88. The number of carbonyl (C=O) groups is 1. The van der Waals surface area contributed by atoms with E-state index in [9.17, 15) is 13.6 Å². The van der Waals surface area contributed by atoms with Crippen LogP contribution in [-0.4, -0.2) is 20.7 Å². The van der Waals surface area contributed by atoms with E-state index in [1.54, 1.807) is 18.3 Å². The minimum atomic E-state index is -0.762. The van der Waals surface area contributed by atoms with Gasteiger partial charge in [0.2, 0.25) is 0 Å². The number of nitrogens with zero attached hydrogens (tertiary/aromatic N) is 3. The van der Waals surface area contributed by atoms with Gasteiger partial charge in [0.1, 0.15) is 11.5 Å². The average Bonchev–Trinajstić information content (AvgIpc) is 2.98. The molecule has 2 aromatic heterocycles. The Balaban J connectivity index is 1.83. The van der Waals surface area contributed by atoms with E-state index >= 15 is 0 Å². The standard InChI is InChI=1S/C15H10F2N4O/c16-11-3-4-14(13(17)6-11)21-9-10(7-19-21)15(22)20-12-2-1-5-18-8-12/h1-9H,(H,20,22). The molecule has 1 aromatic carbocycles. The molecule has 3 rings (SSSR count). The predicted molar refractivity (Wildman–Crippen MR) is 75.7 cm³/mol. The molecule has 1 N–H and O–H groups in total. The van der Waals surface area contributed by atoms with Crippen molar-refractivity contribution in [3.8, 4) is 5.69 Å². The van der Waals surface area contributed by atoms with Crippen LogP contribution in [-0.2, 0) is 0 Å². The molecule has 1 amide bonds. The summed E-state index contributed by atoms with van der Waals surface area (Å²) < 4.78 is 27.8. The van der Waals surface area contributed by atoms with Crippen LogP contribution in [0.3, 0.4) is 0 Å². The monoisotopic (exact) mass is 300 g/mol. The third kappa shape index (κ3) is 2.83. The van der Waals surface area contributed by atoms with Gasteiger partial charge in [-0.15, -0.1) is 0 Å². The summed E-state index contributed by atoms with van der Waals surface area (Å²) in [5.41, 5.74) is 0.836. The number of rotatable bonds is 3. The van der Waals surface area contributed by atoms with E-state index in [1.165, 1.54) is 29.3 Å². The number of benzene rings is 1. The van der Waals surface area contributed by atoms with E-state index in [-0.39, 0.29) is 11.3 Å². The minimum absolute atomic E-state index is 0.0572. The highest BCUT2D eigenvalue weighted by Crippen LogP contribution is 2.15. The van der Waals surface area contributed by atoms with Gasteiger partial charge in [0.15, 0.2) is 5.82 Å². The van der Waals surface area contributed by atoms with Crippen molar-refractivity contribution in [2.75, 3.05) is 5.32 Å². The Hall–Kier alpha value is -3.09. The zero-order valence-corrected chi connectivity index (χ0v) is 11.2. The molecule has 0 aliphatic rings. The maximum atomic E-state index is 13.7. The van der Waals surface area contributed by atoms with Gasteiger partial charge in [0.25, 0.3) is 5.91 Å². The molecule has 0 atom stereocenters. The van der Waals surface area contributed by atoms with Crippen molar-refractivity contribution in [1.29, 1.82) is 0 Å². The molecular weight excluding hydrogens is 290 g/mol. The van der Waals surface area contributed by atoms with E-state index in [4.69, 9.17) is 0 Å². The fraction of sp³-hybridized carbons (Fsp3) is 0. The highest BCUT2D eigenvalue weighted by Gasteiger charge is 2.12. The van der Waals surface area contributed by atoms with Gasteiger partial charge in [-0.2, -0.15) is 5.10 Å². The molecule has 7 heteroatoms. The Morgan fingerprint density at radius 3 is 2.77 bits per heavy atom. The number of hydrogen-bond donors (Lipinski definition) is 1. The summed E-state index contributed by atoms with van der Waals surface area (Å²) >= 11 is 0. The van der Waals surface area contributed by atoms with E-state index in [0.29, 0.717) is 5.69 Å². The number of amides is 1. The van der Waals surface area contributed by atoms with Gasteiger partial charge in [0.05, 0.1) is 23.6 Å². The van der Waals surface area contributed by atoms with Crippen LogP contribution >= 0.6 is 0 Å². The zero-order chi connectivity index (χ0) is 15.5. The van der Waals surface area contributed by atoms with Crippen LogP contribution in [0, 0.1) is 11.6 Å². The minimum Gasteiger partial charge on any atom is -0.320 e. The van der Waals surface area contributed by atoms with E-state index < -0.39 is 17.5 Å². The summed E-state index contributed by atoms with van der Waals surface area (Å²) in [6.07, 6.45) is 5.75. The second kappa shape index (κ2) is 5.72. The lowest BCUT2D eigenvalue weighted by Crippen LogP contribution is -2.11. The smallest absolute Gasteiger partial charge is 0.258 e. The second-order valence-corrected chi connectivity index (χ2v) is 4.47. The Kier molecular flexibility index (Phi) is 3.61. The van der Waals surface area contributed by atoms with Crippen LogP contribution < -0.4 is 5.32 Å². The van der Waals surface area contributed by atoms with Gasteiger partial charge in [-0.25, -0.2) is 13.5 Å². The largest absolute Gasteiger partial charge is 0.320 e. The van der Waals surface area contributed by atoms with Gasteiger partial charge in [0, 0.05) is 18.5 Å². The zero-order valence-electron chi connectivity index (χ0n) is 11.2. The van der Waals surface area contributed by atoms with Crippen molar-refractivity contribution in [2.24, 2.45) is 0 Å². The molecule has 3 aromatic rings. The van der Waals surface area contributed by atoms with Gasteiger partial charge in [-0.3, -0.25) is 9.78 Å². The average molecular weight is 300 g/mol. The van der Waals surface area contributed by atoms with Crippen molar-refractivity contribution < 1.29 is 13.6 Å². The van der Waals surface area contributed by atoms with E-state index in [2.05, 4.69) is 15.4 Å². The molecule has 0 fully saturated rings. The summed E-state index contributed by atoms with van der Waals surface area (Å²) in [4.78, 5) is 15.9. The molecule has 0 aliphatic carbocycles. The molecule has 0 spiro atoms. The molecular formula is C15H10F2N4O. The Morgan fingerprint density at radius 1 is 1.18 bits per heavy atom. The number of nitrogens with one attached hydrogen (secondary N) is 1. The van der Waals surface area contributed by atoms with Crippen LogP contribution in [0.15, 0.2) is 55.1 Å². The molecule has 0 radical (unpaired) electrons. The summed E-state index contributed by atoms with van der Waals surface area (Å²) in [6, 6.07) is 6.50. The topological polar surface area (TPSA) is 59.8 Å². The fourth-order valence-electron chi connectivity index (χ4n) is 1.88. The van der Waals surface area contributed by atoms with Crippen molar-refractivity contribution >= 4 is 11.6 Å². The van der Waals surface area contributed by atoms with Crippen LogP contribution in [0.1, 0.15) is 10.4 Å². The predicted octanol–water partition coefficient (Wildman–Crippen LogP) is 2.80. The quantitative estimate of drug-likeness (QED) is 0.809. The lowest BCUT2D eigenvalue weighted by molar-refractivity contribution is 0.102. The molecule has 0 saturated heterocycles. The van der Waals surface area contributed by atoms with Crippen molar-refractivity contribution in [3.05, 3.63) is 72.3 Å². The first-order valence-electron chi connectivity index (χ1n) is 6.35. The van der Waals surface area contributed by atoms with Crippen LogP contribution in [0.5, 0.6) is 0 Å². The number of anilines is 1. The first kappa shape index (κ1) is 13.9. The maximum absolute atomic E-state index is 13.7. The van der Waals surface area contributed by atoms with Crippen LogP contribution in [0.4, 0.5) is 14.5 Å². The highest BCUT2D eigenvalue weighted by atomic mass is 19.1. The van der Waals surface area contributed by atoms with E-state index in [1.807, 2.05) is 0 Å². The van der Waals surface area contributed by atoms with E-state index in [0.717, 1.165) is 12.1 Å². The van der Waals surface area contributed by atoms with Crippen molar-refractivity contribution in [1.82, 2.24) is 14.8 Å². The lowest BCUT2D eigenvalue weighted by atomic mass is 10.3. The molecule has 5 nitrogen and oxygen atoms in total. The summed E-state index contributed by atoms with van der Waals surface area (Å²) in [5, 5.41) is 6.56. The molecule has 0 bridgehead atoms. The molecule has 22 heavy (non-hydrogen) atoms.